The van der Waals surface area contributed by atoms with Crippen molar-refractivity contribution in [3.63, 3.8) is 0 Å². The normalized spacial score (nSPS) is 19.4. The largest absolute Gasteiger partial charge is 0.495 e. The number of aromatic nitrogens is 2. The van der Waals surface area contributed by atoms with Gasteiger partial charge in [-0.15, -0.1) is 0 Å². The Balaban J connectivity index is 1.31. The van der Waals surface area contributed by atoms with Gasteiger partial charge in [0.2, 0.25) is 11.9 Å². The lowest BCUT2D eigenvalue weighted by Crippen LogP contribution is -2.55. The monoisotopic (exact) mass is 614 g/mol. The van der Waals surface area contributed by atoms with E-state index in [1.807, 2.05) is 0 Å². The number of nitrogens with two attached hydrogens (primary N) is 1. The van der Waals surface area contributed by atoms with E-state index in [4.69, 9.17) is 10.5 Å². The van der Waals surface area contributed by atoms with E-state index in [9.17, 15) is 23.2 Å². The second-order valence-corrected chi connectivity index (χ2v) is 12.3. The summed E-state index contributed by atoms with van der Waals surface area (Å²) in [5.41, 5.74) is 6.07. The third kappa shape index (κ3) is 6.40. The number of carbonyl (C=O) groups is 3. The predicted molar refractivity (Wildman–Crippen MR) is 162 cm³/mol. The number of amides is 3. The van der Waals surface area contributed by atoms with Gasteiger partial charge >= 0.3 is 5.92 Å². The zero-order valence-electron chi connectivity index (χ0n) is 25.5. The molecule has 14 heteroatoms. The van der Waals surface area contributed by atoms with Crippen molar-refractivity contribution in [2.24, 2.45) is 5.73 Å². The number of halogens is 2. The minimum absolute atomic E-state index is 0.0931. The highest BCUT2D eigenvalue weighted by molar-refractivity contribution is 6.02. The number of piperidine rings is 1. The first-order valence-corrected chi connectivity index (χ1v) is 14.9. The molecule has 12 nitrogen and oxygen atoms in total. The van der Waals surface area contributed by atoms with Crippen LogP contribution in [0.2, 0.25) is 0 Å². The molecule has 0 unspecified atom stereocenters. The Hall–Kier alpha value is -4.07. The van der Waals surface area contributed by atoms with E-state index in [-0.39, 0.29) is 41.4 Å². The zero-order valence-corrected chi connectivity index (χ0v) is 25.5. The summed E-state index contributed by atoms with van der Waals surface area (Å²) < 4.78 is 35.3. The molecule has 1 saturated heterocycles. The van der Waals surface area contributed by atoms with Crippen LogP contribution >= 0.6 is 0 Å². The molecule has 1 aromatic heterocycles. The number of hydrogen-bond acceptors (Lipinski definition) is 9. The van der Waals surface area contributed by atoms with E-state index >= 15 is 0 Å². The third-order valence-corrected chi connectivity index (χ3v) is 8.51. The van der Waals surface area contributed by atoms with Crippen LogP contribution in [0.25, 0.3) is 0 Å². The van der Waals surface area contributed by atoms with Gasteiger partial charge < -0.3 is 35.8 Å². The Kier molecular flexibility index (Phi) is 8.65. The van der Waals surface area contributed by atoms with E-state index in [2.05, 4.69) is 20.6 Å². The molecule has 3 aliphatic rings. The lowest BCUT2D eigenvalue weighted by Gasteiger charge is -2.35. The van der Waals surface area contributed by atoms with Crippen LogP contribution in [0.4, 0.5) is 31.9 Å². The Bertz CT molecular complexity index is 1420. The van der Waals surface area contributed by atoms with Gasteiger partial charge in [-0.05, 0) is 57.7 Å². The standard InChI is InChI=1S/C30H40F2N8O4/c1-29(2,33)26(42)39-13-11-19(12-14-39)35-25(41)18-9-10-21(23(15-18)44-4)36-28-34-16-22-24(37-28)40(20-7-5-6-8-20)17-30(31,32)27(43)38(22)3/h9-10,15-16,19-20H,5-8,11-14,17,33H2,1-4H3,(H,35,41)(H,34,36,37). The molecule has 1 saturated carbocycles. The highest BCUT2D eigenvalue weighted by Crippen LogP contribution is 2.40. The topological polar surface area (TPSA) is 146 Å². The molecular formula is C30H40F2N8O4. The van der Waals surface area contributed by atoms with Crippen molar-refractivity contribution in [2.75, 3.05) is 48.9 Å². The summed E-state index contributed by atoms with van der Waals surface area (Å²) in [5.74, 6) is -4.50. The number of benzene rings is 1. The van der Waals surface area contributed by atoms with Gasteiger partial charge in [0.25, 0.3) is 11.8 Å². The Morgan fingerprint density at radius 3 is 2.45 bits per heavy atom. The first kappa shape index (κ1) is 31.4. The van der Waals surface area contributed by atoms with Crippen LogP contribution < -0.4 is 30.9 Å². The van der Waals surface area contributed by atoms with Gasteiger partial charge in [-0.2, -0.15) is 13.8 Å². The SMILES string of the molecule is COc1cc(C(=O)NC2CCN(C(=O)C(C)(C)N)CC2)ccc1Nc1ncc2c(n1)N(C1CCCC1)CC(F)(F)C(=O)N2C. The Morgan fingerprint density at radius 2 is 1.82 bits per heavy atom. The van der Waals surface area contributed by atoms with Crippen molar-refractivity contribution < 1.29 is 27.9 Å². The van der Waals surface area contributed by atoms with E-state index in [1.165, 1.54) is 20.4 Å². The Labute approximate surface area is 255 Å². The number of alkyl halides is 2. The highest BCUT2D eigenvalue weighted by atomic mass is 19.3. The van der Waals surface area contributed by atoms with Gasteiger partial charge in [-0.1, -0.05) is 12.8 Å². The molecule has 2 fully saturated rings. The summed E-state index contributed by atoms with van der Waals surface area (Å²) in [5, 5.41) is 6.11. The molecule has 2 aromatic rings. The summed E-state index contributed by atoms with van der Waals surface area (Å²) in [6.45, 7) is 3.63. The molecule has 0 bridgehead atoms. The molecule has 44 heavy (non-hydrogen) atoms. The molecule has 1 aromatic carbocycles. The number of ether oxygens (including phenoxy) is 1. The van der Waals surface area contributed by atoms with Crippen molar-refractivity contribution in [2.45, 2.75) is 75.9 Å². The number of anilines is 4. The molecule has 3 amide bonds. The van der Waals surface area contributed by atoms with Crippen LogP contribution in [0.15, 0.2) is 24.4 Å². The second-order valence-electron chi connectivity index (χ2n) is 12.3. The van der Waals surface area contributed by atoms with E-state index in [1.54, 1.807) is 41.8 Å². The van der Waals surface area contributed by atoms with Crippen LogP contribution in [0.1, 0.15) is 62.7 Å². The fraction of sp³-hybridized carbons (Fsp3) is 0.567. The number of nitrogens with one attached hydrogen (secondary N) is 2. The Morgan fingerprint density at radius 1 is 1.14 bits per heavy atom. The molecule has 2 aliphatic heterocycles. The average molecular weight is 615 g/mol. The van der Waals surface area contributed by atoms with Crippen molar-refractivity contribution in [1.29, 1.82) is 0 Å². The molecule has 5 rings (SSSR count). The van der Waals surface area contributed by atoms with Crippen LogP contribution in [0.3, 0.4) is 0 Å². The molecule has 238 valence electrons. The van der Waals surface area contributed by atoms with Crippen LogP contribution in [0, 0.1) is 0 Å². The quantitative estimate of drug-likeness (QED) is 0.428. The third-order valence-electron chi connectivity index (χ3n) is 8.51. The second kappa shape index (κ2) is 12.1. The summed E-state index contributed by atoms with van der Waals surface area (Å²) >= 11 is 0. The minimum atomic E-state index is -3.57. The lowest BCUT2D eigenvalue weighted by atomic mass is 10.00. The van der Waals surface area contributed by atoms with Gasteiger partial charge in [-0.3, -0.25) is 14.4 Å². The maximum Gasteiger partial charge on any atom is 0.342 e. The van der Waals surface area contributed by atoms with Gasteiger partial charge in [0.15, 0.2) is 5.82 Å². The zero-order chi connectivity index (χ0) is 31.8. The fourth-order valence-electron chi connectivity index (χ4n) is 6.06. The average Bonchev–Trinajstić information content (AvgIpc) is 3.52. The number of carbonyl (C=O) groups excluding carboxylic acids is 3. The molecule has 0 radical (unpaired) electrons. The predicted octanol–water partition coefficient (Wildman–Crippen LogP) is 3.05. The first-order valence-electron chi connectivity index (χ1n) is 14.9. The first-order chi connectivity index (χ1) is 20.8. The number of rotatable bonds is 7. The van der Waals surface area contributed by atoms with Crippen LogP contribution in [-0.4, -0.2) is 89.9 Å². The van der Waals surface area contributed by atoms with Gasteiger partial charge in [-0.25, -0.2) is 4.98 Å². The molecule has 1 aliphatic carbocycles. The maximum absolute atomic E-state index is 14.9. The van der Waals surface area contributed by atoms with Crippen LogP contribution in [-0.2, 0) is 9.59 Å². The van der Waals surface area contributed by atoms with Crippen molar-refractivity contribution in [3.05, 3.63) is 30.0 Å². The van der Waals surface area contributed by atoms with Gasteiger partial charge in [0.1, 0.15) is 11.4 Å². The van der Waals surface area contributed by atoms with Crippen molar-refractivity contribution in [1.82, 2.24) is 20.2 Å². The number of fused-ring (bicyclic) bond motifs is 1. The van der Waals surface area contributed by atoms with E-state index in [0.717, 1.165) is 30.6 Å². The summed E-state index contributed by atoms with van der Waals surface area (Å²) in [4.78, 5) is 51.2. The molecular weight excluding hydrogens is 574 g/mol. The lowest BCUT2D eigenvalue weighted by molar-refractivity contribution is -0.140. The van der Waals surface area contributed by atoms with E-state index < -0.39 is 23.9 Å². The fourth-order valence-corrected chi connectivity index (χ4v) is 6.06. The number of nitrogens with zero attached hydrogens (tertiary/aromatic N) is 5. The minimum Gasteiger partial charge on any atom is -0.495 e. The molecule has 0 spiro atoms. The number of likely N-dealkylation sites (tertiary alicyclic amines) is 1. The number of hydrogen-bond donors (Lipinski definition) is 3. The van der Waals surface area contributed by atoms with Gasteiger partial charge in [0.05, 0.1) is 31.1 Å². The summed E-state index contributed by atoms with van der Waals surface area (Å²) in [6.07, 6.45) is 5.92. The summed E-state index contributed by atoms with van der Waals surface area (Å²) in [7, 11) is 2.77. The maximum atomic E-state index is 14.9. The van der Waals surface area contributed by atoms with Crippen LogP contribution in [0.5, 0.6) is 5.75 Å². The highest BCUT2D eigenvalue weighted by Gasteiger charge is 2.48. The molecule has 0 atom stereocenters. The van der Waals surface area contributed by atoms with Gasteiger partial charge in [0, 0.05) is 37.8 Å². The van der Waals surface area contributed by atoms with Crippen molar-refractivity contribution in [3.8, 4) is 5.75 Å². The molecule has 4 N–H and O–H groups in total. The number of methoxy groups -OCH3 is 1. The summed E-state index contributed by atoms with van der Waals surface area (Å²) in [6, 6.07) is 4.64. The smallest absolute Gasteiger partial charge is 0.342 e. The van der Waals surface area contributed by atoms with Crippen molar-refractivity contribution >= 4 is 40.9 Å². The van der Waals surface area contributed by atoms with E-state index in [0.29, 0.717) is 42.9 Å². The molecule has 3 heterocycles.